The minimum Gasteiger partial charge on any atom is -0.497 e. The molecular weight excluding hydrogens is 617 g/mol. The summed E-state index contributed by atoms with van der Waals surface area (Å²) in [6, 6.07) is 52.4. The predicted molar refractivity (Wildman–Crippen MR) is 202 cm³/mol. The Morgan fingerprint density at radius 3 is 1.30 bits per heavy atom. The van der Waals surface area contributed by atoms with Gasteiger partial charge in [0.05, 0.1) is 12.7 Å². The van der Waals surface area contributed by atoms with Crippen LogP contribution in [-0.2, 0) is 0 Å². The average molecular weight is 651 g/mol. The summed E-state index contributed by atoms with van der Waals surface area (Å²) < 4.78 is 11.6. The van der Waals surface area contributed by atoms with Gasteiger partial charge in [-0.2, -0.15) is 0 Å². The molecule has 0 aromatic heterocycles. The Hall–Kier alpha value is -6.77. The number of benzene rings is 6. The smallest absolute Gasteiger partial charge is 0.201 e. The van der Waals surface area contributed by atoms with Crippen molar-refractivity contribution in [3.05, 3.63) is 198 Å². The second-order valence-electron chi connectivity index (χ2n) is 11.7. The highest BCUT2D eigenvalue weighted by Gasteiger charge is 2.17. The third-order valence-electron chi connectivity index (χ3n) is 8.31. The van der Waals surface area contributed by atoms with Gasteiger partial charge in [0.25, 0.3) is 0 Å². The first-order valence-corrected chi connectivity index (χ1v) is 16.3. The molecule has 5 heteroatoms. The van der Waals surface area contributed by atoms with E-state index in [4.69, 9.17) is 9.47 Å². The first-order valence-electron chi connectivity index (χ1n) is 16.3. The summed E-state index contributed by atoms with van der Waals surface area (Å²) >= 11 is 0. The molecule has 50 heavy (non-hydrogen) atoms. The van der Waals surface area contributed by atoms with Crippen LogP contribution in [0.2, 0.25) is 0 Å². The number of anilines is 6. The number of ketones is 1. The highest BCUT2D eigenvalue weighted by atomic mass is 16.5. The number of carbonyl (C=O) groups excluding carboxylic acids is 1. The maximum absolute atomic E-state index is 12.9. The van der Waals surface area contributed by atoms with Crippen molar-refractivity contribution in [2.24, 2.45) is 0 Å². The molecule has 0 radical (unpaired) electrons. The zero-order valence-corrected chi connectivity index (χ0v) is 27.8. The maximum atomic E-state index is 12.9. The summed E-state index contributed by atoms with van der Waals surface area (Å²) in [5.74, 6) is 2.05. The lowest BCUT2D eigenvalue weighted by atomic mass is 10.0. The Bertz CT molecular complexity index is 2230. The lowest BCUT2D eigenvalue weighted by molar-refractivity contribution is 0.103. The van der Waals surface area contributed by atoms with Crippen LogP contribution in [0, 0.1) is 0 Å². The summed E-state index contributed by atoms with van der Waals surface area (Å²) in [5.41, 5.74) is 14.1. The van der Waals surface area contributed by atoms with Crippen LogP contribution >= 0.6 is 0 Å². The molecule has 5 nitrogen and oxygen atoms in total. The van der Waals surface area contributed by atoms with Gasteiger partial charge in [-0.1, -0.05) is 47.9 Å². The Morgan fingerprint density at radius 2 is 0.880 bits per heavy atom. The van der Waals surface area contributed by atoms with Gasteiger partial charge in [0.1, 0.15) is 17.2 Å². The number of nitrogens with zero attached hydrogens (tertiary/aromatic N) is 2. The molecule has 0 saturated carbocycles. The first kappa shape index (κ1) is 31.8. The number of hydrogen-bond acceptors (Lipinski definition) is 5. The van der Waals surface area contributed by atoms with Crippen molar-refractivity contribution in [3.8, 4) is 17.2 Å². The van der Waals surface area contributed by atoms with Gasteiger partial charge < -0.3 is 19.3 Å². The monoisotopic (exact) mass is 650 g/mol. The largest absolute Gasteiger partial charge is 0.497 e. The molecule has 0 N–H and O–H groups in total. The number of rotatable bonds is 11. The number of Topliss-reactive ketones (excluding diaryl/α,β-unsaturated/α-hetero) is 1. The van der Waals surface area contributed by atoms with E-state index in [9.17, 15) is 4.79 Å². The number of ether oxygens (including phenoxy) is 2. The second kappa shape index (κ2) is 14.6. The lowest BCUT2D eigenvalue weighted by Crippen LogP contribution is -2.12. The van der Waals surface area contributed by atoms with E-state index in [-0.39, 0.29) is 5.78 Å². The maximum Gasteiger partial charge on any atom is 0.201 e. The number of methoxy groups -OCH3 is 1. The second-order valence-corrected chi connectivity index (χ2v) is 11.7. The molecule has 0 aliphatic heterocycles. The normalized spacial score (nSPS) is 11.7. The van der Waals surface area contributed by atoms with Crippen molar-refractivity contribution >= 4 is 39.9 Å². The molecule has 0 atom stereocenters. The summed E-state index contributed by atoms with van der Waals surface area (Å²) in [6.07, 6.45) is 3.64. The fraction of sp³-hybridized carbons (Fsp3) is 0.0444. The minimum absolute atomic E-state index is 0.0975. The summed E-state index contributed by atoms with van der Waals surface area (Å²) in [4.78, 5) is 17.3. The SMILES string of the molecule is COc1ccc(N(c2ccccc2)c2ccc(N(c3ccccc3)c3ccc(Oc4ccc(C(=O)C5=C=C=C(C)C=C5)cc4)cc3)cc2)cc1. The molecule has 0 fully saturated rings. The fourth-order valence-electron chi connectivity index (χ4n) is 5.75. The van der Waals surface area contributed by atoms with Crippen molar-refractivity contribution in [3.63, 3.8) is 0 Å². The van der Waals surface area contributed by atoms with Crippen molar-refractivity contribution in [2.75, 3.05) is 16.9 Å². The molecule has 0 bridgehead atoms. The van der Waals surface area contributed by atoms with Crippen LogP contribution in [-0.4, -0.2) is 12.9 Å². The number of carbonyl (C=O) groups is 1. The van der Waals surface area contributed by atoms with E-state index >= 15 is 0 Å². The van der Waals surface area contributed by atoms with Gasteiger partial charge in [-0.3, -0.25) is 4.79 Å². The third kappa shape index (κ3) is 7.06. The van der Waals surface area contributed by atoms with Crippen LogP contribution in [0.3, 0.4) is 0 Å². The van der Waals surface area contributed by atoms with E-state index in [1.165, 1.54) is 0 Å². The highest BCUT2D eigenvalue weighted by Crippen LogP contribution is 2.40. The van der Waals surface area contributed by atoms with Crippen LogP contribution in [0.15, 0.2) is 192 Å². The Morgan fingerprint density at radius 1 is 0.480 bits per heavy atom. The molecule has 1 aliphatic carbocycles. The van der Waals surface area contributed by atoms with Gasteiger partial charge in [0, 0.05) is 39.7 Å². The minimum atomic E-state index is -0.0975. The van der Waals surface area contributed by atoms with Crippen LogP contribution in [0.1, 0.15) is 17.3 Å². The van der Waals surface area contributed by atoms with Crippen LogP contribution in [0.4, 0.5) is 34.1 Å². The summed E-state index contributed by atoms with van der Waals surface area (Å²) in [7, 11) is 1.68. The van der Waals surface area contributed by atoms with E-state index in [0.29, 0.717) is 22.6 Å². The average Bonchev–Trinajstić information content (AvgIpc) is 3.18. The fourth-order valence-corrected chi connectivity index (χ4v) is 5.75. The van der Waals surface area contributed by atoms with Gasteiger partial charge in [0.15, 0.2) is 0 Å². The van der Waals surface area contributed by atoms with Crippen molar-refractivity contribution in [2.45, 2.75) is 6.92 Å². The molecular formula is C45H34N2O3. The zero-order valence-electron chi connectivity index (χ0n) is 27.8. The Labute approximate surface area is 292 Å². The molecule has 6 aromatic rings. The Kier molecular flexibility index (Phi) is 9.26. The van der Waals surface area contributed by atoms with Crippen molar-refractivity contribution in [1.29, 1.82) is 0 Å². The quantitative estimate of drug-likeness (QED) is 0.103. The predicted octanol–water partition coefficient (Wildman–Crippen LogP) is 11.8. The molecule has 0 unspecified atom stereocenters. The van der Waals surface area contributed by atoms with E-state index in [0.717, 1.165) is 45.4 Å². The summed E-state index contributed by atoms with van der Waals surface area (Å²) in [5, 5.41) is 0. The molecule has 7 rings (SSSR count). The van der Waals surface area contributed by atoms with Crippen LogP contribution in [0.5, 0.6) is 17.2 Å². The molecule has 1 aliphatic rings. The summed E-state index contributed by atoms with van der Waals surface area (Å²) in [6.45, 7) is 1.92. The molecule has 0 heterocycles. The highest BCUT2D eigenvalue weighted by molar-refractivity contribution is 6.10. The molecule has 6 aromatic carbocycles. The lowest BCUT2D eigenvalue weighted by Gasteiger charge is -2.28. The number of allylic oxidation sites excluding steroid dienone is 4. The van der Waals surface area contributed by atoms with Crippen LogP contribution in [0.25, 0.3) is 0 Å². The van der Waals surface area contributed by atoms with Crippen LogP contribution < -0.4 is 19.3 Å². The van der Waals surface area contributed by atoms with Gasteiger partial charge in [-0.15, -0.1) is 0 Å². The van der Waals surface area contributed by atoms with Gasteiger partial charge >= 0.3 is 0 Å². The van der Waals surface area contributed by atoms with Gasteiger partial charge in [-0.05, 0) is 146 Å². The standard InChI is InChI=1S/C45H34N2O3/c1-33-13-15-34(16-14-33)45(48)35-17-27-43(28-18-35)50-44-31-25-41(26-32-44)47(37-11-7-4-8-12-37)39-21-19-38(20-22-39)46(36-9-5-3-6-10-36)40-23-29-42(49-2)30-24-40/h3-13,15,17-32H,1-2H3. The van der Waals surface area contributed by atoms with Gasteiger partial charge in [0.2, 0.25) is 5.78 Å². The van der Waals surface area contributed by atoms with Crippen molar-refractivity contribution in [1.82, 2.24) is 0 Å². The van der Waals surface area contributed by atoms with Crippen molar-refractivity contribution < 1.29 is 14.3 Å². The van der Waals surface area contributed by atoms with Gasteiger partial charge in [-0.25, -0.2) is 0 Å². The zero-order chi connectivity index (χ0) is 34.3. The molecule has 0 amide bonds. The van der Waals surface area contributed by atoms with E-state index in [2.05, 4.69) is 81.9 Å². The number of hydrogen-bond donors (Lipinski definition) is 0. The third-order valence-corrected chi connectivity index (χ3v) is 8.31. The molecule has 0 spiro atoms. The molecule has 242 valence electrons. The first-order chi connectivity index (χ1) is 24.6. The molecule has 0 saturated heterocycles. The van der Waals surface area contributed by atoms with E-state index in [1.807, 2.05) is 97.9 Å². The number of para-hydroxylation sites is 2. The Balaban J connectivity index is 1.14. The topological polar surface area (TPSA) is 42.0 Å². The van der Waals surface area contributed by atoms with E-state index in [1.54, 1.807) is 25.3 Å². The van der Waals surface area contributed by atoms with E-state index < -0.39 is 0 Å².